The smallest absolute Gasteiger partial charge is 0.266 e. The van der Waals surface area contributed by atoms with Gasteiger partial charge in [0.25, 0.3) is 5.91 Å². The van der Waals surface area contributed by atoms with Crippen LogP contribution in [0.15, 0.2) is 54.6 Å². The second kappa shape index (κ2) is 10.5. The predicted molar refractivity (Wildman–Crippen MR) is 124 cm³/mol. The van der Waals surface area contributed by atoms with Crippen LogP contribution in [-0.2, 0) is 4.79 Å². The number of nitrogens with one attached hydrogen (secondary N) is 1. The molecule has 7 heteroatoms. The van der Waals surface area contributed by atoms with Crippen LogP contribution in [0.3, 0.4) is 0 Å². The maximum atomic E-state index is 12.5. The van der Waals surface area contributed by atoms with Crippen molar-refractivity contribution < 1.29 is 14.3 Å². The molecule has 0 aliphatic carbocycles. The van der Waals surface area contributed by atoms with E-state index in [-0.39, 0.29) is 5.57 Å². The monoisotopic (exact) mass is 503 g/mol. The summed E-state index contributed by atoms with van der Waals surface area (Å²) in [4.78, 5) is 14.5. The van der Waals surface area contributed by atoms with Crippen molar-refractivity contribution in [3.05, 3.63) is 63.8 Å². The maximum Gasteiger partial charge on any atom is 0.266 e. The molecule has 0 spiro atoms. The minimum Gasteiger partial charge on any atom is -0.493 e. The van der Waals surface area contributed by atoms with Crippen molar-refractivity contribution in [2.75, 3.05) is 38.0 Å². The molecule has 2 aromatic rings. The van der Waals surface area contributed by atoms with Crippen molar-refractivity contribution in [3.8, 4) is 17.6 Å². The van der Waals surface area contributed by atoms with Crippen LogP contribution >= 0.6 is 22.6 Å². The molecule has 1 N–H and O–H groups in total. The van der Waals surface area contributed by atoms with Gasteiger partial charge < -0.3 is 19.7 Å². The fraction of sp³-hybridized carbons (Fsp3) is 0.182. The van der Waals surface area contributed by atoms with Crippen LogP contribution in [-0.4, -0.2) is 33.7 Å². The van der Waals surface area contributed by atoms with Gasteiger partial charge in [0.2, 0.25) is 0 Å². The van der Waals surface area contributed by atoms with Crippen molar-refractivity contribution in [1.82, 2.24) is 0 Å². The summed E-state index contributed by atoms with van der Waals surface area (Å²) in [7, 11) is 5.41. The highest BCUT2D eigenvalue weighted by molar-refractivity contribution is 14.1. The Bertz CT molecular complexity index is 961. The Hall–Kier alpha value is -2.99. The number of methoxy groups -OCH3 is 1. The quantitative estimate of drug-likeness (QED) is 0.249. The minimum atomic E-state index is -0.480. The molecule has 0 bridgehead atoms. The maximum absolute atomic E-state index is 12.5. The molecule has 0 aromatic heterocycles. The zero-order chi connectivity index (χ0) is 21.4. The molecule has 150 valence electrons. The van der Waals surface area contributed by atoms with E-state index < -0.39 is 5.91 Å². The van der Waals surface area contributed by atoms with E-state index in [9.17, 15) is 10.1 Å². The topological polar surface area (TPSA) is 74.6 Å². The van der Waals surface area contributed by atoms with Crippen LogP contribution in [0, 0.1) is 14.9 Å². The standard InChI is InChI=1S/C22H22IN3O3/c1-5-10-29-21-19(23)12-15(13-20(21)28-4)11-16(14-24)22(27)25-17-6-8-18(9-7-17)26(2)3/h5-9,11-13H,1,10H2,2-4H3,(H,25,27)/b16-11-. The molecule has 0 fully saturated rings. The van der Waals surface area contributed by atoms with E-state index in [4.69, 9.17) is 9.47 Å². The van der Waals surface area contributed by atoms with Gasteiger partial charge in [0.1, 0.15) is 18.2 Å². The van der Waals surface area contributed by atoms with Crippen molar-refractivity contribution in [3.63, 3.8) is 0 Å². The lowest BCUT2D eigenvalue weighted by molar-refractivity contribution is -0.112. The van der Waals surface area contributed by atoms with Gasteiger partial charge in [0.05, 0.1) is 10.7 Å². The van der Waals surface area contributed by atoms with Gasteiger partial charge >= 0.3 is 0 Å². The number of ether oxygens (including phenoxy) is 2. The SMILES string of the molecule is C=CCOc1c(I)cc(/C=C(/C#N)C(=O)Nc2ccc(N(C)C)cc2)cc1OC. The highest BCUT2D eigenvalue weighted by atomic mass is 127. The van der Waals surface area contributed by atoms with Gasteiger partial charge in [-0.2, -0.15) is 5.26 Å². The molecule has 0 saturated carbocycles. The summed E-state index contributed by atoms with van der Waals surface area (Å²) in [5.41, 5.74) is 2.27. The fourth-order valence-corrected chi connectivity index (χ4v) is 3.24. The first-order chi connectivity index (χ1) is 13.9. The third-order valence-electron chi connectivity index (χ3n) is 3.91. The van der Waals surface area contributed by atoms with Crippen molar-refractivity contribution in [1.29, 1.82) is 5.26 Å². The van der Waals surface area contributed by atoms with E-state index in [0.717, 1.165) is 9.26 Å². The first kappa shape index (κ1) is 22.3. The molecular weight excluding hydrogens is 481 g/mol. The summed E-state index contributed by atoms with van der Waals surface area (Å²) < 4.78 is 11.8. The largest absolute Gasteiger partial charge is 0.493 e. The Kier molecular flexibility index (Phi) is 8.09. The molecule has 2 aromatic carbocycles. The molecule has 2 rings (SSSR count). The van der Waals surface area contributed by atoms with E-state index in [0.29, 0.717) is 29.4 Å². The van der Waals surface area contributed by atoms with Crippen molar-refractivity contribution in [2.45, 2.75) is 0 Å². The highest BCUT2D eigenvalue weighted by Crippen LogP contribution is 2.34. The Morgan fingerprint density at radius 2 is 2.00 bits per heavy atom. The van der Waals surface area contributed by atoms with E-state index in [2.05, 4.69) is 34.5 Å². The number of hydrogen-bond acceptors (Lipinski definition) is 5. The van der Waals surface area contributed by atoms with Crippen molar-refractivity contribution >= 4 is 45.9 Å². The zero-order valence-electron chi connectivity index (χ0n) is 16.5. The van der Waals surface area contributed by atoms with Crippen LogP contribution in [0.5, 0.6) is 11.5 Å². The lowest BCUT2D eigenvalue weighted by Crippen LogP contribution is -2.14. The molecule has 1 amide bonds. The van der Waals surface area contributed by atoms with Crippen molar-refractivity contribution in [2.24, 2.45) is 0 Å². The average molecular weight is 503 g/mol. The van der Waals surface area contributed by atoms with E-state index in [1.807, 2.05) is 43.3 Å². The number of rotatable bonds is 8. The molecule has 0 radical (unpaired) electrons. The van der Waals surface area contributed by atoms with Gasteiger partial charge in [0, 0.05) is 25.5 Å². The lowest BCUT2D eigenvalue weighted by Gasteiger charge is -2.13. The number of nitrogens with zero attached hydrogens (tertiary/aromatic N) is 2. The number of hydrogen-bond donors (Lipinski definition) is 1. The zero-order valence-corrected chi connectivity index (χ0v) is 18.7. The molecule has 0 aliphatic heterocycles. The number of anilines is 2. The molecular formula is C22H22IN3O3. The number of carbonyl (C=O) groups is 1. The van der Waals surface area contributed by atoms with E-state index >= 15 is 0 Å². The second-order valence-electron chi connectivity index (χ2n) is 6.20. The summed E-state index contributed by atoms with van der Waals surface area (Å²) in [5, 5.41) is 12.2. The first-order valence-corrected chi connectivity index (χ1v) is 9.79. The third kappa shape index (κ3) is 5.99. The summed E-state index contributed by atoms with van der Waals surface area (Å²) in [6, 6.07) is 12.9. The van der Waals surface area contributed by atoms with Gasteiger partial charge in [-0.05, 0) is 70.6 Å². The van der Waals surface area contributed by atoms with E-state index in [1.54, 1.807) is 24.3 Å². The fourth-order valence-electron chi connectivity index (χ4n) is 2.46. The number of carbonyl (C=O) groups excluding carboxylic acids is 1. The van der Waals surface area contributed by atoms with Crippen LogP contribution in [0.1, 0.15) is 5.56 Å². The second-order valence-corrected chi connectivity index (χ2v) is 7.36. The van der Waals surface area contributed by atoms with Gasteiger partial charge in [-0.1, -0.05) is 12.7 Å². The Labute approximate surface area is 184 Å². The normalized spacial score (nSPS) is 10.7. The molecule has 29 heavy (non-hydrogen) atoms. The van der Waals surface area contributed by atoms with Crippen LogP contribution < -0.4 is 19.7 Å². The predicted octanol–water partition coefficient (Wildman–Crippen LogP) is 4.48. The number of halogens is 1. The van der Waals surface area contributed by atoms with Crippen LogP contribution in [0.2, 0.25) is 0 Å². The molecule has 0 heterocycles. The molecule has 0 aliphatic rings. The van der Waals surface area contributed by atoms with Gasteiger partial charge in [0.15, 0.2) is 11.5 Å². The summed E-state index contributed by atoms with van der Waals surface area (Å²) >= 11 is 2.12. The minimum absolute atomic E-state index is 0.0145. The highest BCUT2D eigenvalue weighted by Gasteiger charge is 2.14. The van der Waals surface area contributed by atoms with Gasteiger partial charge in [-0.25, -0.2) is 0 Å². The van der Waals surface area contributed by atoms with Crippen LogP contribution in [0.4, 0.5) is 11.4 Å². The summed E-state index contributed by atoms with van der Waals surface area (Å²) in [6.07, 6.45) is 3.16. The van der Waals surface area contributed by atoms with Crippen LogP contribution in [0.25, 0.3) is 6.08 Å². The molecule has 0 unspecified atom stereocenters. The Balaban J connectivity index is 2.26. The Morgan fingerprint density at radius 3 is 2.55 bits per heavy atom. The number of benzene rings is 2. The Morgan fingerprint density at radius 1 is 1.31 bits per heavy atom. The molecule has 6 nitrogen and oxygen atoms in total. The van der Waals surface area contributed by atoms with Gasteiger partial charge in [-0.3, -0.25) is 4.79 Å². The number of amides is 1. The van der Waals surface area contributed by atoms with Gasteiger partial charge in [-0.15, -0.1) is 0 Å². The third-order valence-corrected chi connectivity index (χ3v) is 4.72. The summed E-state index contributed by atoms with van der Waals surface area (Å²) in [5.74, 6) is 0.627. The molecule has 0 atom stereocenters. The lowest BCUT2D eigenvalue weighted by atomic mass is 10.1. The molecule has 0 saturated heterocycles. The average Bonchev–Trinajstić information content (AvgIpc) is 2.71. The first-order valence-electron chi connectivity index (χ1n) is 8.71. The number of nitriles is 1. The summed E-state index contributed by atoms with van der Waals surface area (Å²) in [6.45, 7) is 3.98. The van der Waals surface area contributed by atoms with E-state index in [1.165, 1.54) is 13.2 Å².